The van der Waals surface area contributed by atoms with Crippen LogP contribution in [0.25, 0.3) is 0 Å². The molecule has 0 rings (SSSR count). The molecule has 0 fully saturated rings. The highest BCUT2D eigenvalue weighted by Gasteiger charge is 2.39. The zero-order chi connectivity index (χ0) is 22.2. The van der Waals surface area contributed by atoms with Gasteiger partial charge in [0.05, 0.1) is 19.6 Å². The molecule has 0 heterocycles. The molecule has 0 aromatic rings. The first-order chi connectivity index (χ1) is 12.4. The second kappa shape index (κ2) is 11.5. The van der Waals surface area contributed by atoms with Crippen molar-refractivity contribution >= 4 is 25.2 Å². The van der Waals surface area contributed by atoms with Crippen molar-refractivity contribution in [2.24, 2.45) is 0 Å². The molecule has 1 N–H and O–H groups in total. The van der Waals surface area contributed by atoms with Crippen molar-refractivity contribution in [2.45, 2.75) is 83.4 Å². The first-order valence-electron chi connectivity index (χ1n) is 9.39. The lowest BCUT2D eigenvalue weighted by Crippen LogP contribution is -2.52. The van der Waals surface area contributed by atoms with Gasteiger partial charge in [0.15, 0.2) is 16.6 Å². The van der Waals surface area contributed by atoms with E-state index in [2.05, 4.69) is 50.6 Å². The quantitative estimate of drug-likeness (QED) is 0.226. The van der Waals surface area contributed by atoms with E-state index in [1.165, 1.54) is 0 Å². The number of hydrogen-bond donors (Lipinski definition) is 1. The maximum Gasteiger partial charge on any atom is 0.394 e. The average Bonchev–Trinajstić information content (AvgIpc) is 2.38. The predicted molar refractivity (Wildman–Crippen MR) is 108 cm³/mol. The van der Waals surface area contributed by atoms with Crippen LogP contribution >= 0.6 is 0 Å². The van der Waals surface area contributed by atoms with Gasteiger partial charge in [-0.25, -0.2) is 4.39 Å². The van der Waals surface area contributed by atoms with Gasteiger partial charge in [0.25, 0.3) is 0 Å². The summed E-state index contributed by atoms with van der Waals surface area (Å²) in [5, 5.41) is 9.63. The SMILES string of the molecule is C[Si](C)(C)O[Si](C)(CCCOCC(O)COC(F)CC(F)(F)F)O[Si](C)(C)C. The first kappa shape index (κ1) is 28.2. The molecule has 28 heavy (non-hydrogen) atoms. The molecular formula is C16H36F4O5Si3. The maximum atomic E-state index is 13.0. The lowest BCUT2D eigenvalue weighted by atomic mass is 10.4. The summed E-state index contributed by atoms with van der Waals surface area (Å²) in [6, 6.07) is 0.742. The number of ether oxygens (including phenoxy) is 2. The van der Waals surface area contributed by atoms with Crippen LogP contribution in [-0.2, 0) is 17.7 Å². The van der Waals surface area contributed by atoms with Crippen molar-refractivity contribution in [2.75, 3.05) is 19.8 Å². The minimum absolute atomic E-state index is 0.138. The summed E-state index contributed by atoms with van der Waals surface area (Å²) < 4.78 is 71.4. The van der Waals surface area contributed by atoms with Crippen molar-refractivity contribution in [1.29, 1.82) is 0 Å². The normalized spacial score (nSPS) is 16.3. The molecule has 170 valence electrons. The second-order valence-corrected chi connectivity index (χ2v) is 21.8. The Morgan fingerprint density at radius 2 is 1.39 bits per heavy atom. The van der Waals surface area contributed by atoms with Crippen LogP contribution in [0.1, 0.15) is 12.8 Å². The smallest absolute Gasteiger partial charge is 0.394 e. The second-order valence-electron chi connectivity index (χ2n) is 8.96. The summed E-state index contributed by atoms with van der Waals surface area (Å²) in [5.41, 5.74) is 0. The molecule has 0 bridgehead atoms. The Hall–Kier alpha value is 0.171. The number of aliphatic hydroxyl groups excluding tert-OH is 1. The summed E-state index contributed by atoms with van der Waals surface area (Å²) >= 11 is 0. The molecule has 0 aliphatic carbocycles. The number of halogens is 4. The minimum atomic E-state index is -4.65. The maximum absolute atomic E-state index is 13.0. The van der Waals surface area contributed by atoms with Crippen LogP contribution in [0.2, 0.25) is 51.9 Å². The van der Waals surface area contributed by atoms with Crippen LogP contribution < -0.4 is 0 Å². The van der Waals surface area contributed by atoms with E-state index in [-0.39, 0.29) is 6.61 Å². The third-order valence-corrected chi connectivity index (χ3v) is 12.8. The average molecular weight is 469 g/mol. The fourth-order valence-corrected chi connectivity index (χ4v) is 15.1. The Bertz CT molecular complexity index is 425. The number of alkyl halides is 4. The van der Waals surface area contributed by atoms with Crippen LogP contribution in [-0.4, -0.2) is 68.8 Å². The standard InChI is InChI=1S/C16H36F4O5Si3/c1-26(2,3)24-28(7,25-27(4,5)6)10-8-9-22-12-14(21)13-23-15(17)11-16(18,19)20/h14-15,21H,8-13H2,1-7H3. The summed E-state index contributed by atoms with van der Waals surface area (Å²) in [6.07, 6.45) is -9.35. The summed E-state index contributed by atoms with van der Waals surface area (Å²) in [7, 11) is -5.89. The Balaban J connectivity index is 4.22. The van der Waals surface area contributed by atoms with Crippen molar-refractivity contribution < 1.29 is 40.4 Å². The fraction of sp³-hybridized carbons (Fsp3) is 1.00. The molecule has 2 unspecified atom stereocenters. The van der Waals surface area contributed by atoms with Crippen molar-refractivity contribution in [3.05, 3.63) is 0 Å². The molecule has 0 amide bonds. The summed E-state index contributed by atoms with van der Waals surface area (Å²) in [6.45, 7) is 14.4. The number of hydrogen-bond acceptors (Lipinski definition) is 5. The Morgan fingerprint density at radius 1 is 0.893 bits per heavy atom. The van der Waals surface area contributed by atoms with Gasteiger partial charge >= 0.3 is 14.7 Å². The van der Waals surface area contributed by atoms with Gasteiger partial charge in [0.1, 0.15) is 6.10 Å². The lowest BCUT2D eigenvalue weighted by Gasteiger charge is -2.38. The number of rotatable bonds is 14. The van der Waals surface area contributed by atoms with E-state index in [0.717, 1.165) is 6.04 Å². The molecule has 0 aliphatic heterocycles. The molecule has 5 nitrogen and oxygen atoms in total. The van der Waals surface area contributed by atoms with Gasteiger partial charge in [-0.05, 0) is 58.3 Å². The van der Waals surface area contributed by atoms with Gasteiger partial charge in [-0.3, -0.25) is 0 Å². The molecule has 0 saturated carbocycles. The van der Waals surface area contributed by atoms with Gasteiger partial charge in [0, 0.05) is 6.61 Å². The zero-order valence-electron chi connectivity index (χ0n) is 18.0. The van der Waals surface area contributed by atoms with Crippen LogP contribution in [0.3, 0.4) is 0 Å². The topological polar surface area (TPSA) is 57.2 Å². The summed E-state index contributed by atoms with van der Waals surface area (Å²) in [4.78, 5) is 0. The highest BCUT2D eigenvalue weighted by molar-refractivity contribution is 6.87. The van der Waals surface area contributed by atoms with Crippen molar-refractivity contribution in [3.63, 3.8) is 0 Å². The van der Waals surface area contributed by atoms with E-state index >= 15 is 0 Å². The van der Waals surface area contributed by atoms with E-state index in [9.17, 15) is 22.7 Å². The molecule has 0 aromatic carbocycles. The fourth-order valence-electron chi connectivity index (χ4n) is 2.64. The Kier molecular flexibility index (Phi) is 11.6. The van der Waals surface area contributed by atoms with Gasteiger partial charge in [-0.1, -0.05) is 0 Å². The van der Waals surface area contributed by atoms with Crippen molar-refractivity contribution in [3.8, 4) is 0 Å². The van der Waals surface area contributed by atoms with Crippen LogP contribution in [0, 0.1) is 0 Å². The molecule has 12 heteroatoms. The largest absolute Gasteiger partial charge is 0.437 e. The van der Waals surface area contributed by atoms with Gasteiger partial charge < -0.3 is 22.8 Å². The molecule has 2 atom stereocenters. The monoisotopic (exact) mass is 468 g/mol. The molecule has 0 aromatic heterocycles. The van der Waals surface area contributed by atoms with E-state index in [1.807, 2.05) is 0 Å². The van der Waals surface area contributed by atoms with E-state index in [1.54, 1.807) is 0 Å². The lowest BCUT2D eigenvalue weighted by molar-refractivity contribution is -0.189. The zero-order valence-corrected chi connectivity index (χ0v) is 21.0. The third-order valence-electron chi connectivity index (χ3n) is 3.14. The van der Waals surface area contributed by atoms with Crippen LogP contribution in [0.15, 0.2) is 0 Å². The predicted octanol–water partition coefficient (Wildman–Crippen LogP) is 4.79. The highest BCUT2D eigenvalue weighted by atomic mass is 28.5. The molecule has 0 saturated heterocycles. The van der Waals surface area contributed by atoms with E-state index in [0.29, 0.717) is 13.0 Å². The summed E-state index contributed by atoms with van der Waals surface area (Å²) in [5.74, 6) is 0. The Labute approximate surface area is 169 Å². The van der Waals surface area contributed by atoms with E-state index < -0.39 is 56.9 Å². The Morgan fingerprint density at radius 3 is 1.82 bits per heavy atom. The highest BCUT2D eigenvalue weighted by Crippen LogP contribution is 2.25. The molecule has 0 radical (unpaired) electrons. The van der Waals surface area contributed by atoms with Crippen LogP contribution in [0.5, 0.6) is 0 Å². The van der Waals surface area contributed by atoms with Gasteiger partial charge in [-0.15, -0.1) is 0 Å². The minimum Gasteiger partial charge on any atom is -0.437 e. The third kappa shape index (κ3) is 17.1. The molecule has 0 aliphatic rings. The molecule has 0 spiro atoms. The van der Waals surface area contributed by atoms with Gasteiger partial charge in [-0.2, -0.15) is 13.2 Å². The van der Waals surface area contributed by atoms with E-state index in [4.69, 9.17) is 13.0 Å². The van der Waals surface area contributed by atoms with Crippen molar-refractivity contribution in [1.82, 2.24) is 0 Å². The molecular weight excluding hydrogens is 432 g/mol. The first-order valence-corrected chi connectivity index (χ1v) is 18.7. The van der Waals surface area contributed by atoms with Crippen LogP contribution in [0.4, 0.5) is 17.6 Å². The van der Waals surface area contributed by atoms with Gasteiger partial charge in [0.2, 0.25) is 6.36 Å². The number of aliphatic hydroxyl groups is 1.